The van der Waals surface area contributed by atoms with Crippen LogP contribution in [0.5, 0.6) is 0 Å². The standard InChI is InChI=1S/C14H18N2O3/c17-13(16-6-5-10-3-1-2-4-10)11-7-12(14(18)19)9-15-8-11/h7-10H,1-6H2,(H,16,17)(H,18,19). The van der Waals surface area contributed by atoms with Crippen LogP contribution in [-0.4, -0.2) is 28.5 Å². The normalized spacial score (nSPS) is 15.4. The molecule has 0 unspecified atom stereocenters. The molecule has 2 N–H and O–H groups in total. The zero-order valence-electron chi connectivity index (χ0n) is 10.8. The third kappa shape index (κ3) is 3.77. The fourth-order valence-corrected chi connectivity index (χ4v) is 2.47. The van der Waals surface area contributed by atoms with Crippen LogP contribution in [0.2, 0.25) is 0 Å². The molecule has 0 bridgehead atoms. The molecule has 5 heteroatoms. The van der Waals surface area contributed by atoms with Gasteiger partial charge in [-0.2, -0.15) is 0 Å². The molecule has 0 radical (unpaired) electrons. The maximum absolute atomic E-state index is 11.8. The molecule has 1 amide bonds. The van der Waals surface area contributed by atoms with Crippen LogP contribution in [0.25, 0.3) is 0 Å². The molecule has 2 rings (SSSR count). The second-order valence-corrected chi connectivity index (χ2v) is 4.96. The number of hydrogen-bond donors (Lipinski definition) is 2. The molecule has 0 atom stereocenters. The number of hydrogen-bond acceptors (Lipinski definition) is 3. The van der Waals surface area contributed by atoms with E-state index in [2.05, 4.69) is 10.3 Å². The highest BCUT2D eigenvalue weighted by Gasteiger charge is 2.15. The second kappa shape index (κ2) is 6.31. The van der Waals surface area contributed by atoms with Crippen LogP contribution in [0, 0.1) is 5.92 Å². The Balaban J connectivity index is 1.85. The smallest absolute Gasteiger partial charge is 0.337 e. The maximum atomic E-state index is 11.8. The summed E-state index contributed by atoms with van der Waals surface area (Å²) in [5.41, 5.74) is 0.328. The van der Waals surface area contributed by atoms with Crippen molar-refractivity contribution in [3.63, 3.8) is 0 Å². The second-order valence-electron chi connectivity index (χ2n) is 4.96. The van der Waals surface area contributed by atoms with Crippen LogP contribution in [0.4, 0.5) is 0 Å². The van der Waals surface area contributed by atoms with Gasteiger partial charge in [0.2, 0.25) is 0 Å². The Hall–Kier alpha value is -1.91. The summed E-state index contributed by atoms with van der Waals surface area (Å²) >= 11 is 0. The van der Waals surface area contributed by atoms with Gasteiger partial charge in [0.25, 0.3) is 5.91 Å². The molecule has 1 heterocycles. The summed E-state index contributed by atoms with van der Waals surface area (Å²) in [5.74, 6) is -0.606. The average Bonchev–Trinajstić information content (AvgIpc) is 2.92. The number of carbonyl (C=O) groups is 2. The van der Waals surface area contributed by atoms with E-state index in [1.807, 2.05) is 0 Å². The number of carboxylic acids is 1. The lowest BCUT2D eigenvalue weighted by molar-refractivity contribution is 0.0696. The van der Waals surface area contributed by atoms with Crippen LogP contribution in [0.15, 0.2) is 18.5 Å². The van der Waals surface area contributed by atoms with Crippen molar-refractivity contribution >= 4 is 11.9 Å². The molecular weight excluding hydrogens is 244 g/mol. The topological polar surface area (TPSA) is 79.3 Å². The largest absolute Gasteiger partial charge is 0.478 e. The number of aromatic nitrogens is 1. The van der Waals surface area contributed by atoms with Crippen molar-refractivity contribution in [3.05, 3.63) is 29.6 Å². The zero-order valence-corrected chi connectivity index (χ0v) is 10.8. The fourth-order valence-electron chi connectivity index (χ4n) is 2.47. The first-order valence-corrected chi connectivity index (χ1v) is 6.63. The van der Waals surface area contributed by atoms with Gasteiger partial charge in [0.1, 0.15) is 0 Å². The summed E-state index contributed by atoms with van der Waals surface area (Å²) < 4.78 is 0. The van der Waals surface area contributed by atoms with Gasteiger partial charge in [-0.15, -0.1) is 0 Å². The lowest BCUT2D eigenvalue weighted by atomic mass is 10.0. The zero-order chi connectivity index (χ0) is 13.7. The van der Waals surface area contributed by atoms with E-state index in [9.17, 15) is 9.59 Å². The van der Waals surface area contributed by atoms with Gasteiger partial charge in [-0.05, 0) is 18.4 Å². The Morgan fingerprint density at radius 2 is 1.95 bits per heavy atom. The monoisotopic (exact) mass is 262 g/mol. The van der Waals surface area contributed by atoms with Gasteiger partial charge >= 0.3 is 5.97 Å². The molecular formula is C14H18N2O3. The lowest BCUT2D eigenvalue weighted by Gasteiger charge is -2.09. The maximum Gasteiger partial charge on any atom is 0.337 e. The van der Waals surface area contributed by atoms with Crippen LogP contribution in [0.3, 0.4) is 0 Å². The third-order valence-electron chi connectivity index (χ3n) is 3.56. The van der Waals surface area contributed by atoms with Crippen molar-refractivity contribution in [2.24, 2.45) is 5.92 Å². The van der Waals surface area contributed by atoms with Crippen molar-refractivity contribution < 1.29 is 14.7 Å². The molecule has 1 aromatic heterocycles. The van der Waals surface area contributed by atoms with E-state index in [1.54, 1.807) is 0 Å². The Bertz CT molecular complexity index is 468. The van der Waals surface area contributed by atoms with E-state index in [1.165, 1.54) is 44.1 Å². The summed E-state index contributed by atoms with van der Waals surface area (Å²) in [4.78, 5) is 26.4. The highest BCUT2D eigenvalue weighted by atomic mass is 16.4. The number of carbonyl (C=O) groups excluding carboxylic acids is 1. The minimum Gasteiger partial charge on any atom is -0.478 e. The van der Waals surface area contributed by atoms with E-state index >= 15 is 0 Å². The van der Waals surface area contributed by atoms with Crippen molar-refractivity contribution in [1.29, 1.82) is 0 Å². The Morgan fingerprint density at radius 1 is 1.26 bits per heavy atom. The van der Waals surface area contributed by atoms with Crippen LogP contribution in [-0.2, 0) is 0 Å². The summed E-state index contributed by atoms with van der Waals surface area (Å²) in [5, 5.41) is 11.7. The van der Waals surface area contributed by atoms with Gasteiger partial charge < -0.3 is 10.4 Å². The molecule has 0 aromatic carbocycles. The molecule has 1 aliphatic carbocycles. The van der Waals surface area contributed by atoms with Crippen molar-refractivity contribution in [1.82, 2.24) is 10.3 Å². The lowest BCUT2D eigenvalue weighted by Crippen LogP contribution is -2.26. The van der Waals surface area contributed by atoms with Crippen LogP contribution in [0.1, 0.15) is 52.8 Å². The third-order valence-corrected chi connectivity index (χ3v) is 3.56. The molecule has 0 saturated heterocycles. The average molecular weight is 262 g/mol. The minimum atomic E-state index is -1.08. The molecule has 1 fully saturated rings. The van der Waals surface area contributed by atoms with Crippen molar-refractivity contribution in [2.75, 3.05) is 6.54 Å². The number of carboxylic acid groups (broad SMARTS) is 1. The van der Waals surface area contributed by atoms with E-state index < -0.39 is 5.97 Å². The SMILES string of the molecule is O=C(O)c1cncc(C(=O)NCCC2CCCC2)c1. The predicted molar refractivity (Wildman–Crippen MR) is 70.1 cm³/mol. The van der Waals surface area contributed by atoms with Gasteiger partial charge in [0.05, 0.1) is 11.1 Å². The fraction of sp³-hybridized carbons (Fsp3) is 0.500. The number of nitrogens with one attached hydrogen (secondary N) is 1. The van der Waals surface area contributed by atoms with E-state index in [-0.39, 0.29) is 11.5 Å². The van der Waals surface area contributed by atoms with E-state index in [0.717, 1.165) is 12.3 Å². The number of aromatic carboxylic acids is 1. The molecule has 0 spiro atoms. The quantitative estimate of drug-likeness (QED) is 0.851. The van der Waals surface area contributed by atoms with Crippen molar-refractivity contribution in [3.8, 4) is 0 Å². The molecule has 1 aliphatic rings. The summed E-state index contributed by atoms with van der Waals surface area (Å²) in [6.45, 7) is 0.640. The summed E-state index contributed by atoms with van der Waals surface area (Å²) in [6.07, 6.45) is 8.72. The first-order valence-electron chi connectivity index (χ1n) is 6.63. The molecule has 5 nitrogen and oxygen atoms in total. The first kappa shape index (κ1) is 13.5. The number of rotatable bonds is 5. The molecule has 0 aliphatic heterocycles. The van der Waals surface area contributed by atoms with E-state index in [0.29, 0.717) is 12.1 Å². The predicted octanol–water partition coefficient (Wildman–Crippen LogP) is 2.09. The van der Waals surface area contributed by atoms with Crippen molar-refractivity contribution in [2.45, 2.75) is 32.1 Å². The van der Waals surface area contributed by atoms with Gasteiger partial charge in [-0.1, -0.05) is 25.7 Å². The molecule has 102 valence electrons. The summed E-state index contributed by atoms with van der Waals surface area (Å²) in [6, 6.07) is 1.35. The number of pyridine rings is 1. The molecule has 19 heavy (non-hydrogen) atoms. The molecule has 1 saturated carbocycles. The van der Waals surface area contributed by atoms with Gasteiger partial charge in [-0.25, -0.2) is 4.79 Å². The first-order chi connectivity index (χ1) is 9.16. The highest BCUT2D eigenvalue weighted by Crippen LogP contribution is 2.26. The van der Waals surface area contributed by atoms with Crippen LogP contribution < -0.4 is 5.32 Å². The Morgan fingerprint density at radius 3 is 2.63 bits per heavy atom. The van der Waals surface area contributed by atoms with Gasteiger partial charge in [-0.3, -0.25) is 9.78 Å². The molecule has 1 aromatic rings. The van der Waals surface area contributed by atoms with Gasteiger partial charge in [0.15, 0.2) is 0 Å². The van der Waals surface area contributed by atoms with Gasteiger partial charge in [0, 0.05) is 18.9 Å². The Kier molecular flexibility index (Phi) is 4.49. The number of nitrogens with zero attached hydrogens (tertiary/aromatic N) is 1. The highest BCUT2D eigenvalue weighted by molar-refractivity contribution is 5.96. The van der Waals surface area contributed by atoms with E-state index in [4.69, 9.17) is 5.11 Å². The minimum absolute atomic E-state index is 0.0310. The Labute approximate surface area is 112 Å². The summed E-state index contributed by atoms with van der Waals surface area (Å²) in [7, 11) is 0. The van der Waals surface area contributed by atoms with Crippen LogP contribution >= 0.6 is 0 Å². The number of amides is 1.